The van der Waals surface area contributed by atoms with E-state index in [-0.39, 0.29) is 18.3 Å². The maximum atomic E-state index is 13.0. The fourth-order valence-electron chi connectivity index (χ4n) is 3.43. The predicted molar refractivity (Wildman–Crippen MR) is 151 cm³/mol. The van der Waals surface area contributed by atoms with Gasteiger partial charge in [0, 0.05) is 13.0 Å². The molecule has 192 valence electrons. The van der Waals surface area contributed by atoms with Gasteiger partial charge in [-0.1, -0.05) is 60.7 Å². The fourth-order valence-corrected chi connectivity index (χ4v) is 5.31. The lowest BCUT2D eigenvalue weighted by Crippen LogP contribution is -2.29. The minimum absolute atomic E-state index is 0.166. The number of hydrogen-bond acceptors (Lipinski definition) is 7. The number of rotatable bonds is 12. The van der Waals surface area contributed by atoms with Crippen molar-refractivity contribution in [2.45, 2.75) is 46.6 Å². The van der Waals surface area contributed by atoms with E-state index in [1.165, 1.54) is 22.2 Å². The van der Waals surface area contributed by atoms with Crippen molar-refractivity contribution in [1.29, 1.82) is 0 Å². The summed E-state index contributed by atoms with van der Waals surface area (Å²) in [6.45, 7) is 7.57. The van der Waals surface area contributed by atoms with Crippen LogP contribution in [0.3, 0.4) is 0 Å². The van der Waals surface area contributed by atoms with Crippen molar-refractivity contribution in [2.75, 3.05) is 19.8 Å². The third-order valence-electron chi connectivity index (χ3n) is 5.24. The number of benzene rings is 2. The molecule has 3 rings (SSSR count). The Morgan fingerprint density at radius 1 is 1.17 bits per heavy atom. The summed E-state index contributed by atoms with van der Waals surface area (Å²) in [7, 11) is 0. The quantitative estimate of drug-likeness (QED) is 0.155. The molecule has 1 heterocycles. The molecule has 0 N–H and O–H groups in total. The average Bonchev–Trinajstić information content (AvgIpc) is 3.10. The van der Waals surface area contributed by atoms with Crippen molar-refractivity contribution < 1.29 is 23.8 Å². The molecule has 9 heteroatoms. The fraction of sp³-hybridized carbons (Fsp3) is 0.370. The SMILES string of the molecule is CCCOC(=O)CCCN1C(=O)/C(=C/c2cc(Br)c(OCc3ccc(C)cc3)c(OCC)c2)SC1=S. The Labute approximate surface area is 230 Å². The molecule has 1 saturated heterocycles. The molecule has 0 atom stereocenters. The second-order valence-corrected chi connectivity index (χ2v) is 10.7. The predicted octanol–water partition coefficient (Wildman–Crippen LogP) is 6.67. The van der Waals surface area contributed by atoms with Gasteiger partial charge in [0.15, 0.2) is 11.5 Å². The van der Waals surface area contributed by atoms with Gasteiger partial charge in [-0.3, -0.25) is 14.5 Å². The van der Waals surface area contributed by atoms with Crippen LogP contribution in [0.15, 0.2) is 45.8 Å². The van der Waals surface area contributed by atoms with Gasteiger partial charge in [-0.2, -0.15) is 0 Å². The van der Waals surface area contributed by atoms with E-state index in [2.05, 4.69) is 28.1 Å². The first-order chi connectivity index (χ1) is 17.3. The third-order valence-corrected chi connectivity index (χ3v) is 7.20. The zero-order valence-electron chi connectivity index (χ0n) is 20.7. The van der Waals surface area contributed by atoms with Crippen LogP contribution < -0.4 is 9.47 Å². The number of carbonyl (C=O) groups is 2. The Bertz CT molecular complexity index is 1130. The van der Waals surface area contributed by atoms with Gasteiger partial charge in [-0.25, -0.2) is 0 Å². The van der Waals surface area contributed by atoms with Crippen molar-refractivity contribution in [3.63, 3.8) is 0 Å². The Morgan fingerprint density at radius 2 is 1.92 bits per heavy atom. The largest absolute Gasteiger partial charge is 0.490 e. The van der Waals surface area contributed by atoms with Crippen molar-refractivity contribution in [3.8, 4) is 11.5 Å². The number of thiocarbonyl (C=S) groups is 1. The summed E-state index contributed by atoms with van der Waals surface area (Å²) < 4.78 is 18.2. The van der Waals surface area contributed by atoms with E-state index in [1.807, 2.05) is 45.0 Å². The molecule has 0 aliphatic carbocycles. The molecule has 6 nitrogen and oxygen atoms in total. The third kappa shape index (κ3) is 7.82. The van der Waals surface area contributed by atoms with Crippen LogP contribution in [-0.2, 0) is 20.9 Å². The molecule has 36 heavy (non-hydrogen) atoms. The van der Waals surface area contributed by atoms with E-state index >= 15 is 0 Å². The van der Waals surface area contributed by atoms with Crippen LogP contribution in [0, 0.1) is 6.92 Å². The summed E-state index contributed by atoms with van der Waals surface area (Å²) in [5.74, 6) is 0.778. The van der Waals surface area contributed by atoms with E-state index < -0.39 is 0 Å². The Hall–Kier alpha value is -2.36. The van der Waals surface area contributed by atoms with E-state index in [0.717, 1.165) is 22.0 Å². The van der Waals surface area contributed by atoms with Crippen LogP contribution in [0.1, 0.15) is 49.8 Å². The first-order valence-corrected chi connectivity index (χ1v) is 13.9. The lowest BCUT2D eigenvalue weighted by Gasteiger charge is -2.15. The molecule has 0 saturated carbocycles. The Balaban J connectivity index is 1.70. The van der Waals surface area contributed by atoms with Crippen LogP contribution in [-0.4, -0.2) is 40.9 Å². The van der Waals surface area contributed by atoms with Gasteiger partial charge in [0.2, 0.25) is 0 Å². The highest BCUT2D eigenvalue weighted by molar-refractivity contribution is 9.10. The summed E-state index contributed by atoms with van der Waals surface area (Å²) in [5.41, 5.74) is 3.04. The molecular weight excluding hydrogens is 562 g/mol. The number of thioether (sulfide) groups is 1. The second kappa shape index (κ2) is 13.8. The zero-order valence-corrected chi connectivity index (χ0v) is 23.9. The number of esters is 1. The molecule has 0 radical (unpaired) electrons. The standard InChI is InChI=1S/C27H30BrNO5S2/c1-4-13-33-24(30)7-6-12-29-26(31)23(36-27(29)35)16-20-14-21(28)25(22(15-20)32-5-2)34-17-19-10-8-18(3)9-11-19/h8-11,14-16H,4-7,12-13,17H2,1-3H3/b23-16-. The first kappa shape index (κ1) is 28.2. The van der Waals surface area contributed by atoms with Crippen LogP contribution in [0.5, 0.6) is 11.5 Å². The Morgan fingerprint density at radius 3 is 2.61 bits per heavy atom. The highest BCUT2D eigenvalue weighted by Gasteiger charge is 2.31. The molecule has 1 amide bonds. The lowest BCUT2D eigenvalue weighted by atomic mass is 10.1. The highest BCUT2D eigenvalue weighted by Crippen LogP contribution is 2.40. The number of aryl methyl sites for hydroxylation is 1. The highest BCUT2D eigenvalue weighted by atomic mass is 79.9. The lowest BCUT2D eigenvalue weighted by molar-refractivity contribution is -0.144. The molecule has 2 aromatic carbocycles. The van der Waals surface area contributed by atoms with Gasteiger partial charge < -0.3 is 14.2 Å². The summed E-state index contributed by atoms with van der Waals surface area (Å²) in [5, 5.41) is 0. The normalized spacial score (nSPS) is 14.4. The number of amides is 1. The molecule has 0 spiro atoms. The number of nitrogens with zero attached hydrogens (tertiary/aromatic N) is 1. The molecule has 2 aromatic rings. The average molecular weight is 593 g/mol. The maximum Gasteiger partial charge on any atom is 0.305 e. The number of hydrogen-bond donors (Lipinski definition) is 0. The summed E-state index contributed by atoms with van der Waals surface area (Å²) in [4.78, 5) is 26.8. The molecule has 1 aliphatic rings. The topological polar surface area (TPSA) is 65.1 Å². The van der Waals surface area contributed by atoms with Gasteiger partial charge in [-0.15, -0.1) is 0 Å². The van der Waals surface area contributed by atoms with Crippen LogP contribution >= 0.6 is 39.9 Å². The van der Waals surface area contributed by atoms with E-state index in [1.54, 1.807) is 6.08 Å². The Kier molecular flexibility index (Phi) is 10.8. The van der Waals surface area contributed by atoms with Gasteiger partial charge >= 0.3 is 5.97 Å². The van der Waals surface area contributed by atoms with Crippen LogP contribution in [0.2, 0.25) is 0 Å². The molecule has 0 aromatic heterocycles. The monoisotopic (exact) mass is 591 g/mol. The van der Waals surface area contributed by atoms with Crippen molar-refractivity contribution in [1.82, 2.24) is 4.90 Å². The molecule has 1 fully saturated rings. The first-order valence-electron chi connectivity index (χ1n) is 11.9. The van der Waals surface area contributed by atoms with Crippen LogP contribution in [0.25, 0.3) is 6.08 Å². The number of ether oxygens (including phenoxy) is 3. The summed E-state index contributed by atoms with van der Waals surface area (Å²) in [6, 6.07) is 11.9. The van der Waals surface area contributed by atoms with Gasteiger partial charge in [0.25, 0.3) is 5.91 Å². The van der Waals surface area contributed by atoms with E-state index in [4.69, 9.17) is 26.4 Å². The van der Waals surface area contributed by atoms with Gasteiger partial charge in [-0.05, 0) is 72.0 Å². The van der Waals surface area contributed by atoms with Crippen molar-refractivity contribution >= 4 is 62.2 Å². The second-order valence-electron chi connectivity index (χ2n) is 8.19. The zero-order chi connectivity index (χ0) is 26.1. The molecule has 0 bridgehead atoms. The maximum absolute atomic E-state index is 13.0. The van der Waals surface area contributed by atoms with Crippen molar-refractivity contribution in [3.05, 3.63) is 62.5 Å². The minimum Gasteiger partial charge on any atom is -0.490 e. The molecule has 0 unspecified atom stereocenters. The number of halogens is 1. The minimum atomic E-state index is -0.254. The smallest absolute Gasteiger partial charge is 0.305 e. The molecular formula is C27H30BrNO5S2. The van der Waals surface area contributed by atoms with E-state index in [9.17, 15) is 9.59 Å². The number of carbonyl (C=O) groups excluding carboxylic acids is 2. The van der Waals surface area contributed by atoms with Gasteiger partial charge in [0.1, 0.15) is 10.9 Å². The van der Waals surface area contributed by atoms with Crippen LogP contribution in [0.4, 0.5) is 0 Å². The van der Waals surface area contributed by atoms with Gasteiger partial charge in [0.05, 0.1) is 22.6 Å². The summed E-state index contributed by atoms with van der Waals surface area (Å²) >= 11 is 10.3. The van der Waals surface area contributed by atoms with Crippen molar-refractivity contribution in [2.24, 2.45) is 0 Å². The molecule has 1 aliphatic heterocycles. The summed E-state index contributed by atoms with van der Waals surface area (Å²) in [6.07, 6.45) is 3.33. The van der Waals surface area contributed by atoms with E-state index in [0.29, 0.717) is 53.5 Å².